The SMILES string of the molecule is C1=CC2(C3=Cc4ccccc4C3=C1)C1=Cc3ccccc3C1=NN=C2c1ccc2c(c1)C1(c3ccccc3-2)c2ccccc2-c2ccc(C3=NN=C4C(=Cc5ccccc54)C34C=CC=C3C4=Cc4ccccc43)cc21. The van der Waals surface area contributed by atoms with Crippen molar-refractivity contribution in [3.63, 3.8) is 0 Å². The van der Waals surface area contributed by atoms with Crippen molar-refractivity contribution in [2.75, 3.05) is 0 Å². The zero-order valence-electron chi connectivity index (χ0n) is 40.4. The number of fused-ring (bicyclic) bond motifs is 26. The van der Waals surface area contributed by atoms with Gasteiger partial charge in [0.2, 0.25) is 0 Å². The van der Waals surface area contributed by atoms with Gasteiger partial charge in [0.1, 0.15) is 0 Å². The van der Waals surface area contributed by atoms with E-state index in [1.165, 1.54) is 100 Å². The Hall–Kier alpha value is -9.64. The van der Waals surface area contributed by atoms with Crippen LogP contribution < -0.4 is 0 Å². The molecule has 3 spiro atoms. The maximum absolute atomic E-state index is 5.42. The van der Waals surface area contributed by atoms with Gasteiger partial charge in [0.25, 0.3) is 0 Å². The standard InChI is InChI=1S/C71H40N4/c1-5-19-47-41(15-1)35-59-51(47)25-13-33-69(59)63-37-43-17-3-7-21-49(43)65(63)72-74-67(69)45-29-31-55-53-23-9-11-27-57(53)71(61(55)39-45)58-28-12-10-24-54(58)56-32-30-46(40-62(56)71)68-70(64-38-44-18-4-8-22-50(44)66(64)73-75-68)34-14-26-52-48-20-6-2-16-42(48)36-60(52)70/h1-40H. The van der Waals surface area contributed by atoms with Crippen LogP contribution in [0.15, 0.2) is 261 Å². The van der Waals surface area contributed by atoms with E-state index in [1.54, 1.807) is 0 Å². The molecule has 2 aliphatic heterocycles. The van der Waals surface area contributed by atoms with Crippen LogP contribution in [0.2, 0.25) is 0 Å². The van der Waals surface area contributed by atoms with Crippen molar-refractivity contribution < 1.29 is 0 Å². The van der Waals surface area contributed by atoms with E-state index in [9.17, 15) is 0 Å². The first-order valence-electron chi connectivity index (χ1n) is 26.0. The summed E-state index contributed by atoms with van der Waals surface area (Å²) in [6.07, 6.45) is 23.4. The van der Waals surface area contributed by atoms with Crippen molar-refractivity contribution in [2.45, 2.75) is 5.41 Å². The Morgan fingerprint density at radius 2 is 0.653 bits per heavy atom. The van der Waals surface area contributed by atoms with Crippen LogP contribution in [-0.4, -0.2) is 22.8 Å². The summed E-state index contributed by atoms with van der Waals surface area (Å²) in [5, 5.41) is 21.2. The molecule has 4 heteroatoms. The highest BCUT2D eigenvalue weighted by atomic mass is 15.2. The average Bonchev–Trinajstić information content (AvgIpc) is 4.52. The highest BCUT2D eigenvalue weighted by Gasteiger charge is 2.56. The summed E-state index contributed by atoms with van der Waals surface area (Å²) in [5.41, 5.74) is 30.5. The van der Waals surface area contributed by atoms with Gasteiger partial charge in [-0.25, -0.2) is 0 Å². The lowest BCUT2D eigenvalue weighted by Gasteiger charge is -2.40. The molecule has 10 aliphatic rings. The van der Waals surface area contributed by atoms with Crippen LogP contribution >= 0.6 is 0 Å². The fourth-order valence-electron chi connectivity index (χ4n) is 15.0. The molecule has 2 unspecified atom stereocenters. The molecular weight excluding hydrogens is 909 g/mol. The lowest BCUT2D eigenvalue weighted by atomic mass is 9.62. The Kier molecular flexibility index (Phi) is 7.39. The monoisotopic (exact) mass is 948 g/mol. The van der Waals surface area contributed by atoms with Gasteiger partial charge in [-0.1, -0.05) is 206 Å². The van der Waals surface area contributed by atoms with E-state index in [1.807, 2.05) is 0 Å². The van der Waals surface area contributed by atoms with Gasteiger partial charge in [-0.15, -0.1) is 10.2 Å². The second-order valence-electron chi connectivity index (χ2n) is 21.2. The number of allylic oxidation sites excluding steroid dienone is 12. The first kappa shape index (κ1) is 39.9. The first-order valence-corrected chi connectivity index (χ1v) is 26.0. The zero-order valence-corrected chi connectivity index (χ0v) is 40.4. The van der Waals surface area contributed by atoms with Gasteiger partial charge < -0.3 is 0 Å². The van der Waals surface area contributed by atoms with E-state index in [4.69, 9.17) is 20.4 Å². The summed E-state index contributed by atoms with van der Waals surface area (Å²) in [6, 6.07) is 67.3. The van der Waals surface area contributed by atoms with Crippen LogP contribution in [0.3, 0.4) is 0 Å². The molecule has 0 saturated heterocycles. The van der Waals surface area contributed by atoms with E-state index in [-0.39, 0.29) is 0 Å². The second-order valence-corrected chi connectivity index (χ2v) is 21.2. The predicted octanol–water partition coefficient (Wildman–Crippen LogP) is 15.3. The largest absolute Gasteiger partial charge is 0.153 e. The maximum Gasteiger partial charge on any atom is 0.0983 e. The van der Waals surface area contributed by atoms with Crippen LogP contribution in [0, 0.1) is 10.8 Å². The van der Waals surface area contributed by atoms with Crippen LogP contribution in [0.1, 0.15) is 77.9 Å². The number of rotatable bonds is 2. The maximum atomic E-state index is 5.42. The lowest BCUT2D eigenvalue weighted by Crippen LogP contribution is -2.39. The topological polar surface area (TPSA) is 49.4 Å². The first-order chi connectivity index (χ1) is 37.1. The number of nitrogens with zero attached hydrogens (tertiary/aromatic N) is 4. The molecule has 2 heterocycles. The van der Waals surface area contributed by atoms with Gasteiger partial charge in [-0.2, -0.15) is 10.2 Å². The van der Waals surface area contributed by atoms with E-state index < -0.39 is 16.2 Å². The third-order valence-corrected chi connectivity index (χ3v) is 18.0. The van der Waals surface area contributed by atoms with Crippen LogP contribution in [0.4, 0.5) is 0 Å². The molecule has 8 aromatic carbocycles. The van der Waals surface area contributed by atoms with Crippen LogP contribution in [-0.2, 0) is 5.41 Å². The molecule has 4 nitrogen and oxygen atoms in total. The molecule has 0 radical (unpaired) electrons. The van der Waals surface area contributed by atoms with Gasteiger partial charge in [-0.3, -0.25) is 0 Å². The van der Waals surface area contributed by atoms with Crippen molar-refractivity contribution in [2.24, 2.45) is 31.2 Å². The minimum Gasteiger partial charge on any atom is -0.153 e. The quantitative estimate of drug-likeness (QED) is 0.166. The zero-order chi connectivity index (χ0) is 48.8. The molecule has 8 aromatic rings. The van der Waals surface area contributed by atoms with Crippen molar-refractivity contribution in [3.05, 3.63) is 319 Å². The Balaban J connectivity index is 0.874. The minimum atomic E-state index is -0.707. The van der Waals surface area contributed by atoms with Gasteiger partial charge in [0.05, 0.1) is 39.1 Å². The van der Waals surface area contributed by atoms with Crippen molar-refractivity contribution in [3.8, 4) is 22.3 Å². The smallest absolute Gasteiger partial charge is 0.0983 e. The van der Waals surface area contributed by atoms with Crippen LogP contribution in [0.25, 0.3) is 57.7 Å². The summed E-state index contributed by atoms with van der Waals surface area (Å²) >= 11 is 0. The summed E-state index contributed by atoms with van der Waals surface area (Å²) in [4.78, 5) is 0. The normalized spacial score (nSPS) is 23.0. The Labute approximate surface area is 433 Å². The van der Waals surface area contributed by atoms with Crippen molar-refractivity contribution in [1.29, 1.82) is 0 Å². The molecular formula is C71H40N4. The molecule has 2 atom stereocenters. The number of hydrogen-bond donors (Lipinski definition) is 0. The molecule has 0 bridgehead atoms. The molecule has 0 N–H and O–H groups in total. The third-order valence-electron chi connectivity index (χ3n) is 18.0. The van der Waals surface area contributed by atoms with E-state index in [2.05, 4.69) is 243 Å². The highest BCUT2D eigenvalue weighted by Crippen LogP contribution is 2.65. The average molecular weight is 949 g/mol. The van der Waals surface area contributed by atoms with Crippen LogP contribution in [0.5, 0.6) is 0 Å². The van der Waals surface area contributed by atoms with E-state index >= 15 is 0 Å². The van der Waals surface area contributed by atoms with E-state index in [0.29, 0.717) is 0 Å². The molecule has 75 heavy (non-hydrogen) atoms. The molecule has 8 aliphatic carbocycles. The van der Waals surface area contributed by atoms with Gasteiger partial charge in [0, 0.05) is 22.3 Å². The Morgan fingerprint density at radius 1 is 0.293 bits per heavy atom. The molecule has 0 aromatic heterocycles. The Morgan fingerprint density at radius 3 is 1.11 bits per heavy atom. The summed E-state index contributed by atoms with van der Waals surface area (Å²) in [5.74, 6) is 0. The number of benzene rings is 8. The summed E-state index contributed by atoms with van der Waals surface area (Å²) < 4.78 is 0. The molecule has 344 valence electrons. The molecule has 0 amide bonds. The second kappa shape index (κ2) is 13.9. The number of hydrogen-bond acceptors (Lipinski definition) is 4. The molecule has 0 saturated carbocycles. The Bertz CT molecular complexity index is 4190. The minimum absolute atomic E-state index is 0.671. The van der Waals surface area contributed by atoms with Gasteiger partial charge in [0.15, 0.2) is 0 Å². The fraction of sp³-hybridized carbons (Fsp3) is 0.0423. The van der Waals surface area contributed by atoms with Gasteiger partial charge in [-0.05, 0) is 148 Å². The summed E-state index contributed by atoms with van der Waals surface area (Å²) in [7, 11) is 0. The fourth-order valence-corrected chi connectivity index (χ4v) is 15.0. The highest BCUT2D eigenvalue weighted by molar-refractivity contribution is 6.33. The lowest BCUT2D eigenvalue weighted by molar-refractivity contribution is 0.782. The van der Waals surface area contributed by atoms with Gasteiger partial charge >= 0.3 is 0 Å². The third kappa shape index (κ3) is 4.72. The van der Waals surface area contributed by atoms with Crippen molar-refractivity contribution >= 4 is 58.3 Å². The molecule has 18 rings (SSSR count). The molecule has 0 fully saturated rings. The predicted molar refractivity (Wildman–Crippen MR) is 306 cm³/mol. The van der Waals surface area contributed by atoms with E-state index in [0.717, 1.165) is 56.2 Å². The summed E-state index contributed by atoms with van der Waals surface area (Å²) in [6.45, 7) is 0. The van der Waals surface area contributed by atoms with Crippen molar-refractivity contribution in [1.82, 2.24) is 0 Å².